The van der Waals surface area contributed by atoms with E-state index in [-0.39, 0.29) is 17.7 Å². The molecule has 1 aromatic rings. The largest absolute Gasteiger partial charge is 0.504 e. The number of ether oxygens (including phenoxy) is 2. The van der Waals surface area contributed by atoms with Crippen molar-refractivity contribution in [1.29, 1.82) is 0 Å². The fraction of sp³-hybridized carbons (Fsp3) is 0.500. The van der Waals surface area contributed by atoms with Gasteiger partial charge in [0.15, 0.2) is 11.5 Å². The zero-order valence-electron chi connectivity index (χ0n) is 11.6. The topological polar surface area (TPSA) is 67.8 Å². The number of methoxy groups -OCH3 is 2. The number of nitrogens with one attached hydrogen (secondary N) is 1. The van der Waals surface area contributed by atoms with Crippen LogP contribution in [0.3, 0.4) is 0 Å². The van der Waals surface area contributed by atoms with Crippen molar-refractivity contribution in [3.63, 3.8) is 0 Å². The predicted molar refractivity (Wildman–Crippen MR) is 72.7 cm³/mol. The molecule has 0 aliphatic carbocycles. The quantitative estimate of drug-likeness (QED) is 0.792. The summed E-state index contributed by atoms with van der Waals surface area (Å²) in [7, 11) is 3.07. The van der Waals surface area contributed by atoms with Gasteiger partial charge in [0.25, 0.3) is 5.91 Å². The van der Waals surface area contributed by atoms with Crippen molar-refractivity contribution >= 4 is 5.91 Å². The zero-order valence-corrected chi connectivity index (χ0v) is 11.6. The van der Waals surface area contributed by atoms with Crippen molar-refractivity contribution in [2.24, 2.45) is 0 Å². The molecule has 0 aromatic heterocycles. The third-order valence-electron chi connectivity index (χ3n) is 2.78. The van der Waals surface area contributed by atoms with Gasteiger partial charge in [-0.2, -0.15) is 0 Å². The minimum absolute atomic E-state index is 0.0215. The van der Waals surface area contributed by atoms with Crippen LogP contribution < -0.4 is 10.1 Å². The molecule has 5 nitrogen and oxygen atoms in total. The number of benzene rings is 1. The van der Waals surface area contributed by atoms with Crippen molar-refractivity contribution in [1.82, 2.24) is 5.32 Å². The number of amides is 1. The van der Waals surface area contributed by atoms with Crippen LogP contribution in [0.15, 0.2) is 18.2 Å². The highest BCUT2D eigenvalue weighted by Gasteiger charge is 2.14. The number of hydrogen-bond acceptors (Lipinski definition) is 4. The fourth-order valence-corrected chi connectivity index (χ4v) is 1.85. The first-order chi connectivity index (χ1) is 9.12. The second kappa shape index (κ2) is 7.63. The molecule has 1 amide bonds. The van der Waals surface area contributed by atoms with E-state index < -0.39 is 0 Å². The Hall–Kier alpha value is -1.75. The van der Waals surface area contributed by atoms with E-state index >= 15 is 0 Å². The summed E-state index contributed by atoms with van der Waals surface area (Å²) in [6, 6.07) is 4.55. The average Bonchev–Trinajstić information content (AvgIpc) is 2.39. The van der Waals surface area contributed by atoms with Crippen molar-refractivity contribution in [3.05, 3.63) is 23.8 Å². The summed E-state index contributed by atoms with van der Waals surface area (Å²) < 4.78 is 10.0. The van der Waals surface area contributed by atoms with Gasteiger partial charge in [0.05, 0.1) is 19.8 Å². The summed E-state index contributed by atoms with van der Waals surface area (Å²) in [4.78, 5) is 12.0. The molecule has 1 rings (SSSR count). The molecular weight excluding hydrogens is 246 g/mol. The molecule has 5 heteroatoms. The van der Waals surface area contributed by atoms with Gasteiger partial charge in [0.2, 0.25) is 0 Å². The van der Waals surface area contributed by atoms with Crippen LogP contribution in [0.5, 0.6) is 11.5 Å². The van der Waals surface area contributed by atoms with Crippen LogP contribution in [0.2, 0.25) is 0 Å². The van der Waals surface area contributed by atoms with Gasteiger partial charge >= 0.3 is 0 Å². The first kappa shape index (κ1) is 15.3. The van der Waals surface area contributed by atoms with Crippen LogP contribution >= 0.6 is 0 Å². The van der Waals surface area contributed by atoms with Gasteiger partial charge < -0.3 is 19.9 Å². The average molecular weight is 267 g/mol. The molecule has 1 unspecified atom stereocenters. The molecular formula is C14H21NO4. The predicted octanol–water partition coefficient (Wildman–Crippen LogP) is 1.95. The SMILES string of the molecule is CCCC(COC)NC(=O)c1ccc(OC)c(O)c1. The maximum absolute atomic E-state index is 12.0. The van der Waals surface area contributed by atoms with E-state index in [2.05, 4.69) is 5.32 Å². The highest BCUT2D eigenvalue weighted by Crippen LogP contribution is 2.26. The van der Waals surface area contributed by atoms with Gasteiger partial charge in [-0.15, -0.1) is 0 Å². The number of phenolic OH excluding ortho intramolecular Hbond substituents is 1. The highest BCUT2D eigenvalue weighted by molar-refractivity contribution is 5.95. The highest BCUT2D eigenvalue weighted by atomic mass is 16.5. The Morgan fingerprint density at radius 3 is 2.68 bits per heavy atom. The maximum Gasteiger partial charge on any atom is 0.251 e. The Morgan fingerprint density at radius 1 is 1.42 bits per heavy atom. The molecule has 1 atom stereocenters. The van der Waals surface area contributed by atoms with Crippen LogP contribution in [-0.4, -0.2) is 37.9 Å². The molecule has 0 radical (unpaired) electrons. The van der Waals surface area contributed by atoms with Gasteiger partial charge in [-0.1, -0.05) is 13.3 Å². The lowest BCUT2D eigenvalue weighted by molar-refractivity contribution is 0.0891. The lowest BCUT2D eigenvalue weighted by Crippen LogP contribution is -2.37. The summed E-state index contributed by atoms with van der Waals surface area (Å²) in [5.74, 6) is 0.0703. The zero-order chi connectivity index (χ0) is 14.3. The Labute approximate surface area is 113 Å². The minimum atomic E-state index is -0.228. The van der Waals surface area contributed by atoms with E-state index in [0.29, 0.717) is 17.9 Å². The Balaban J connectivity index is 2.73. The van der Waals surface area contributed by atoms with Crippen LogP contribution in [0, 0.1) is 0 Å². The van der Waals surface area contributed by atoms with E-state index in [9.17, 15) is 9.90 Å². The standard InChI is InChI=1S/C14H21NO4/c1-4-5-11(9-18-2)15-14(17)10-6-7-13(19-3)12(16)8-10/h6-8,11,16H,4-5,9H2,1-3H3,(H,15,17). The van der Waals surface area contributed by atoms with Gasteiger partial charge in [0.1, 0.15) is 0 Å². The van der Waals surface area contributed by atoms with Crippen LogP contribution in [-0.2, 0) is 4.74 Å². The fourth-order valence-electron chi connectivity index (χ4n) is 1.85. The minimum Gasteiger partial charge on any atom is -0.504 e. The number of rotatable bonds is 7. The number of aromatic hydroxyl groups is 1. The first-order valence-electron chi connectivity index (χ1n) is 6.29. The lowest BCUT2D eigenvalue weighted by Gasteiger charge is -2.17. The smallest absolute Gasteiger partial charge is 0.251 e. The molecule has 106 valence electrons. The molecule has 0 bridgehead atoms. The molecule has 0 spiro atoms. The number of phenols is 1. The molecule has 0 saturated heterocycles. The summed E-state index contributed by atoms with van der Waals surface area (Å²) in [5.41, 5.74) is 0.399. The summed E-state index contributed by atoms with van der Waals surface area (Å²) >= 11 is 0. The Kier molecular flexibility index (Phi) is 6.15. The van der Waals surface area contributed by atoms with E-state index in [1.54, 1.807) is 19.2 Å². The van der Waals surface area contributed by atoms with E-state index in [1.807, 2.05) is 6.92 Å². The molecule has 0 aliphatic heterocycles. The molecule has 0 fully saturated rings. The van der Waals surface area contributed by atoms with E-state index in [1.165, 1.54) is 13.2 Å². The number of hydrogen-bond donors (Lipinski definition) is 2. The lowest BCUT2D eigenvalue weighted by atomic mass is 10.1. The molecule has 2 N–H and O–H groups in total. The van der Waals surface area contributed by atoms with Gasteiger partial charge in [-0.05, 0) is 24.6 Å². The maximum atomic E-state index is 12.0. The number of carbonyl (C=O) groups is 1. The molecule has 0 aliphatic rings. The summed E-state index contributed by atoms with van der Waals surface area (Å²) in [5, 5.41) is 12.5. The van der Waals surface area contributed by atoms with E-state index in [0.717, 1.165) is 12.8 Å². The van der Waals surface area contributed by atoms with Crippen molar-refractivity contribution < 1.29 is 19.4 Å². The Morgan fingerprint density at radius 2 is 2.16 bits per heavy atom. The van der Waals surface area contributed by atoms with Crippen molar-refractivity contribution in [3.8, 4) is 11.5 Å². The van der Waals surface area contributed by atoms with E-state index in [4.69, 9.17) is 9.47 Å². The second-order valence-electron chi connectivity index (χ2n) is 4.30. The second-order valence-corrected chi connectivity index (χ2v) is 4.30. The molecule has 0 saturated carbocycles. The third-order valence-corrected chi connectivity index (χ3v) is 2.78. The molecule has 1 aromatic carbocycles. The van der Waals surface area contributed by atoms with Gasteiger partial charge in [0, 0.05) is 12.7 Å². The van der Waals surface area contributed by atoms with Crippen molar-refractivity contribution in [2.45, 2.75) is 25.8 Å². The van der Waals surface area contributed by atoms with Gasteiger partial charge in [-0.25, -0.2) is 0 Å². The van der Waals surface area contributed by atoms with Crippen LogP contribution in [0.25, 0.3) is 0 Å². The normalized spacial score (nSPS) is 11.9. The third kappa shape index (κ3) is 4.44. The summed E-state index contributed by atoms with van der Waals surface area (Å²) in [6.07, 6.45) is 1.81. The summed E-state index contributed by atoms with van der Waals surface area (Å²) in [6.45, 7) is 2.52. The molecule has 19 heavy (non-hydrogen) atoms. The molecule has 0 heterocycles. The number of carbonyl (C=O) groups excluding carboxylic acids is 1. The first-order valence-corrected chi connectivity index (χ1v) is 6.29. The van der Waals surface area contributed by atoms with Gasteiger partial charge in [-0.3, -0.25) is 4.79 Å². The monoisotopic (exact) mass is 267 g/mol. The van der Waals surface area contributed by atoms with Crippen LogP contribution in [0.1, 0.15) is 30.1 Å². The van der Waals surface area contributed by atoms with Crippen molar-refractivity contribution in [2.75, 3.05) is 20.8 Å². The Bertz CT molecular complexity index is 414. The van der Waals surface area contributed by atoms with Crippen LogP contribution in [0.4, 0.5) is 0 Å².